The first-order chi connectivity index (χ1) is 15.6. The van der Waals surface area contributed by atoms with Crippen LogP contribution in [0.25, 0.3) is 0 Å². The number of amides is 4. The number of hydrogen-bond acceptors (Lipinski definition) is 5. The third-order valence-electron chi connectivity index (χ3n) is 4.43. The van der Waals surface area contributed by atoms with E-state index < -0.39 is 42.4 Å². The third-order valence-corrected chi connectivity index (χ3v) is 5.40. The molecule has 33 heavy (non-hydrogen) atoms. The SMILES string of the molecule is O=C(O)CC[C@H](NC(=O)N[C@@H](CCCCNC(=O)NCc1ccc([At])cc1)C(=O)O)C(=O)O. The van der Waals surface area contributed by atoms with Crippen LogP contribution in [0.3, 0.4) is 0 Å². The Morgan fingerprint density at radius 3 is 1.91 bits per heavy atom. The average molecular weight is 661 g/mol. The quantitative estimate of drug-likeness (QED) is 0.134. The van der Waals surface area contributed by atoms with Gasteiger partial charge in [-0.25, -0.2) is 14.4 Å². The Bertz CT molecular complexity index is 834. The first kappa shape index (κ1) is 28.1. The molecule has 0 saturated carbocycles. The van der Waals surface area contributed by atoms with Gasteiger partial charge < -0.3 is 26.0 Å². The standard InChI is InChI=1S/C20H27AtN4O8/c21-13-6-4-12(5-7-13)11-23-19(32)22-10-2-1-3-14(17(28)29)24-20(33)25-15(18(30)31)8-9-16(26)27/h4-7,14-15H,1-3,8-11H2,(H,26,27)(H,28,29)(H,30,31)(H2,22,23,32)(H2,24,25,33)/t14-,15-/m0/s1. The third kappa shape index (κ3) is 12.6. The molecule has 0 aliphatic rings. The van der Waals surface area contributed by atoms with Crippen molar-refractivity contribution in [2.24, 2.45) is 0 Å². The van der Waals surface area contributed by atoms with Crippen LogP contribution in [-0.2, 0) is 20.9 Å². The smallest absolute Gasteiger partial charge is 0.326 e. The van der Waals surface area contributed by atoms with Crippen molar-refractivity contribution in [2.75, 3.05) is 6.54 Å². The summed E-state index contributed by atoms with van der Waals surface area (Å²) in [6.45, 7) is 0.680. The second-order valence-corrected chi connectivity index (χ2v) is 8.76. The molecule has 1 aromatic carbocycles. The van der Waals surface area contributed by atoms with Crippen LogP contribution in [0.2, 0.25) is 0 Å². The number of carboxylic acid groups (broad SMARTS) is 3. The van der Waals surface area contributed by atoms with Gasteiger partial charge in [0.1, 0.15) is 12.1 Å². The fourth-order valence-corrected chi connectivity index (χ4v) is 3.15. The fourth-order valence-electron chi connectivity index (χ4n) is 2.66. The van der Waals surface area contributed by atoms with Crippen LogP contribution in [0, 0.1) is 24.7 Å². The second-order valence-electron chi connectivity index (χ2n) is 7.06. The van der Waals surface area contributed by atoms with Crippen molar-refractivity contribution < 1.29 is 64.0 Å². The molecule has 13 heteroatoms. The molecule has 182 valence electrons. The number of unbranched alkanes of at least 4 members (excludes halogenated alkanes) is 1. The Morgan fingerprint density at radius 1 is 0.788 bits per heavy atom. The molecule has 7 N–H and O–H groups in total. The number of benzene rings is 1. The van der Waals surface area contributed by atoms with Crippen molar-refractivity contribution in [2.45, 2.75) is 50.7 Å². The van der Waals surface area contributed by atoms with Gasteiger partial charge in [0.15, 0.2) is 0 Å². The summed E-state index contributed by atoms with van der Waals surface area (Å²) in [7, 11) is 0. The van der Waals surface area contributed by atoms with Crippen LogP contribution < -0.4 is 24.5 Å². The molecule has 0 bridgehead atoms. The van der Waals surface area contributed by atoms with Crippen molar-refractivity contribution in [1.29, 1.82) is 0 Å². The minimum Gasteiger partial charge on any atom is -0.480 e. The summed E-state index contributed by atoms with van der Waals surface area (Å²) in [5.74, 6) is -3.94. The Labute approximate surface area is 205 Å². The van der Waals surface area contributed by atoms with Gasteiger partial charge in [-0.2, -0.15) is 0 Å². The molecular formula is C20H27AtN4O8. The van der Waals surface area contributed by atoms with Crippen molar-refractivity contribution in [3.63, 3.8) is 0 Å². The van der Waals surface area contributed by atoms with Gasteiger partial charge in [0.2, 0.25) is 0 Å². The molecular weight excluding hydrogens is 634 g/mol. The zero-order valence-corrected chi connectivity index (χ0v) is 20.6. The molecule has 4 amide bonds. The molecule has 1 aromatic rings. The predicted molar refractivity (Wildman–Crippen MR) is 112 cm³/mol. The van der Waals surface area contributed by atoms with Crippen LogP contribution in [0.4, 0.5) is 9.59 Å². The summed E-state index contributed by atoms with van der Waals surface area (Å²) in [4.78, 5) is 56.8. The maximum absolute atomic E-state index is 11.9. The van der Waals surface area contributed by atoms with Gasteiger partial charge in [-0.1, -0.05) is 0 Å². The van der Waals surface area contributed by atoms with Gasteiger partial charge in [-0.05, 0) is 6.42 Å². The van der Waals surface area contributed by atoms with Gasteiger partial charge in [0.25, 0.3) is 0 Å². The van der Waals surface area contributed by atoms with Crippen LogP contribution in [-0.4, -0.2) is 63.9 Å². The van der Waals surface area contributed by atoms with Gasteiger partial charge >= 0.3 is 136 Å². The van der Waals surface area contributed by atoms with E-state index in [1.54, 1.807) is 24.7 Å². The number of rotatable bonds is 14. The van der Waals surface area contributed by atoms with E-state index in [9.17, 15) is 29.1 Å². The number of carboxylic acids is 3. The van der Waals surface area contributed by atoms with E-state index in [1.807, 2.05) is 24.3 Å². The first-order valence-corrected chi connectivity index (χ1v) is 11.6. The van der Waals surface area contributed by atoms with Gasteiger partial charge in [-0.3, -0.25) is 4.79 Å². The van der Waals surface area contributed by atoms with Crippen molar-refractivity contribution in [3.8, 4) is 0 Å². The number of carbonyl (C=O) groups excluding carboxylic acids is 2. The van der Waals surface area contributed by atoms with Crippen molar-refractivity contribution in [3.05, 3.63) is 29.8 Å². The fraction of sp³-hybridized carbons (Fsp3) is 0.450. The molecule has 0 fully saturated rings. The second kappa shape index (κ2) is 15.0. The van der Waals surface area contributed by atoms with Crippen LogP contribution in [0.1, 0.15) is 37.7 Å². The van der Waals surface area contributed by atoms with Gasteiger partial charge in [-0.15, -0.1) is 0 Å². The Balaban J connectivity index is 2.32. The summed E-state index contributed by atoms with van der Waals surface area (Å²) >= 11 is 1.57. The normalized spacial score (nSPS) is 12.2. The van der Waals surface area contributed by atoms with E-state index in [2.05, 4.69) is 21.3 Å². The number of aliphatic carboxylic acids is 3. The van der Waals surface area contributed by atoms with E-state index in [1.165, 1.54) is 3.27 Å². The Hall–Kier alpha value is -2.95. The number of urea groups is 2. The van der Waals surface area contributed by atoms with E-state index >= 15 is 0 Å². The zero-order chi connectivity index (χ0) is 24.8. The Morgan fingerprint density at radius 2 is 1.36 bits per heavy atom. The number of hydrogen-bond donors (Lipinski definition) is 7. The molecule has 0 spiro atoms. The van der Waals surface area contributed by atoms with E-state index in [-0.39, 0.29) is 18.9 Å². The van der Waals surface area contributed by atoms with Crippen LogP contribution in [0.15, 0.2) is 24.3 Å². The topological polar surface area (TPSA) is 194 Å². The largest absolute Gasteiger partial charge is 0.480 e. The summed E-state index contributed by atoms with van der Waals surface area (Å²) in [6, 6.07) is 3.69. The van der Waals surface area contributed by atoms with Crippen LogP contribution >= 0.6 is 0 Å². The van der Waals surface area contributed by atoms with Crippen LogP contribution in [0.5, 0.6) is 0 Å². The van der Waals surface area contributed by atoms with Gasteiger partial charge in [0.05, 0.1) is 0 Å². The maximum Gasteiger partial charge on any atom is 0.326 e. The predicted octanol–water partition coefficient (Wildman–Crippen LogP) is -0.0989. The van der Waals surface area contributed by atoms with E-state index in [4.69, 9.17) is 10.2 Å². The van der Waals surface area contributed by atoms with E-state index in [0.29, 0.717) is 25.9 Å². The molecule has 0 unspecified atom stereocenters. The summed E-state index contributed by atoms with van der Waals surface area (Å²) in [5, 5.41) is 36.6. The molecule has 0 aromatic heterocycles. The monoisotopic (exact) mass is 661 g/mol. The van der Waals surface area contributed by atoms with E-state index in [0.717, 1.165) is 5.56 Å². The minimum atomic E-state index is -1.46. The first-order valence-electron chi connectivity index (χ1n) is 10.1. The molecule has 1 rings (SSSR count). The minimum absolute atomic E-state index is 0.0591. The number of nitrogens with one attached hydrogen (secondary N) is 4. The molecule has 12 nitrogen and oxygen atoms in total. The molecule has 0 saturated heterocycles. The average Bonchev–Trinajstić information content (AvgIpc) is 2.74. The van der Waals surface area contributed by atoms with Crippen molar-refractivity contribution in [1.82, 2.24) is 21.3 Å². The maximum atomic E-state index is 11.9. The molecule has 2 atom stereocenters. The summed E-state index contributed by atoms with van der Waals surface area (Å²) < 4.78 is 1.18. The molecule has 0 heterocycles. The van der Waals surface area contributed by atoms with Crippen molar-refractivity contribution >= 4 is 33.2 Å². The van der Waals surface area contributed by atoms with Gasteiger partial charge in [0, 0.05) is 6.42 Å². The summed E-state index contributed by atoms with van der Waals surface area (Å²) in [6.07, 6.45) is 0.0884. The molecule has 0 aliphatic carbocycles. The summed E-state index contributed by atoms with van der Waals surface area (Å²) in [5.41, 5.74) is 0.965. The Kier molecular flexibility index (Phi) is 12.8. The molecule has 0 aliphatic heterocycles. The molecule has 0 radical (unpaired) electrons. The number of carbonyl (C=O) groups is 5. The zero-order valence-electron chi connectivity index (χ0n) is 17.7.